The Balaban J connectivity index is 2.10. The van der Waals surface area contributed by atoms with Crippen LogP contribution in [0.1, 0.15) is 28.9 Å². The smallest absolute Gasteiger partial charge is 0.338 e. The summed E-state index contributed by atoms with van der Waals surface area (Å²) in [7, 11) is 3.28. The monoisotopic (exact) mass is 317 g/mol. The van der Waals surface area contributed by atoms with Gasteiger partial charge >= 0.3 is 5.97 Å². The molecule has 1 N–H and O–H groups in total. The first-order chi connectivity index (χ1) is 10.9. The number of ether oxygens (including phenoxy) is 1. The summed E-state index contributed by atoms with van der Waals surface area (Å²) < 4.78 is 6.64. The van der Waals surface area contributed by atoms with Crippen molar-refractivity contribution < 1.29 is 19.4 Å². The van der Waals surface area contributed by atoms with E-state index in [0.29, 0.717) is 5.75 Å². The number of aromatic nitrogens is 2. The number of carboxylic acids is 1. The number of methoxy groups -OCH3 is 1. The number of carboxylic acid groups (broad SMARTS) is 1. The number of hydrogen-bond acceptors (Lipinski definition) is 4. The van der Waals surface area contributed by atoms with E-state index >= 15 is 0 Å². The van der Waals surface area contributed by atoms with Crippen molar-refractivity contribution in [3.05, 3.63) is 47.8 Å². The summed E-state index contributed by atoms with van der Waals surface area (Å²) in [6.07, 6.45) is 2.56. The Kier molecular flexibility index (Phi) is 5.00. The fraction of sp³-hybridized carbons (Fsp3) is 0.312. The van der Waals surface area contributed by atoms with Gasteiger partial charge in [-0.25, -0.2) is 4.79 Å². The van der Waals surface area contributed by atoms with Crippen LogP contribution in [0.5, 0.6) is 5.75 Å². The summed E-state index contributed by atoms with van der Waals surface area (Å²) in [4.78, 5) is 24.8. The Morgan fingerprint density at radius 1 is 1.39 bits per heavy atom. The maximum Gasteiger partial charge on any atom is 0.338 e. The van der Waals surface area contributed by atoms with Crippen molar-refractivity contribution in [3.8, 4) is 5.75 Å². The third kappa shape index (κ3) is 3.68. The number of rotatable bonds is 6. The van der Waals surface area contributed by atoms with Crippen LogP contribution in [0.15, 0.2) is 36.7 Å². The molecule has 1 heterocycles. The van der Waals surface area contributed by atoms with Crippen molar-refractivity contribution >= 4 is 11.9 Å². The highest BCUT2D eigenvalue weighted by Gasteiger charge is 2.21. The lowest BCUT2D eigenvalue weighted by Crippen LogP contribution is -2.32. The molecule has 0 aliphatic heterocycles. The lowest BCUT2D eigenvalue weighted by molar-refractivity contribution is -0.132. The average molecular weight is 317 g/mol. The number of carbonyl (C=O) groups excluding carboxylic acids is 1. The molecule has 122 valence electrons. The van der Waals surface area contributed by atoms with E-state index in [1.165, 1.54) is 17.1 Å². The predicted octanol–water partition coefficient (Wildman–Crippen LogP) is 1.81. The van der Waals surface area contributed by atoms with E-state index in [2.05, 4.69) is 5.10 Å². The van der Waals surface area contributed by atoms with Crippen molar-refractivity contribution in [1.29, 1.82) is 0 Å². The van der Waals surface area contributed by atoms with Gasteiger partial charge in [-0.2, -0.15) is 5.10 Å². The van der Waals surface area contributed by atoms with Crippen LogP contribution in [0.25, 0.3) is 0 Å². The molecule has 0 unspecified atom stereocenters. The zero-order valence-electron chi connectivity index (χ0n) is 13.3. The molecule has 0 radical (unpaired) electrons. The van der Waals surface area contributed by atoms with Gasteiger partial charge in [-0.3, -0.25) is 9.48 Å². The van der Waals surface area contributed by atoms with Crippen molar-refractivity contribution in [2.75, 3.05) is 14.2 Å². The van der Waals surface area contributed by atoms with Gasteiger partial charge in [-0.1, -0.05) is 18.2 Å². The third-order valence-corrected chi connectivity index (χ3v) is 3.74. The second kappa shape index (κ2) is 6.95. The maximum absolute atomic E-state index is 12.4. The Labute approximate surface area is 134 Å². The molecule has 0 saturated carbocycles. The number of amides is 1. The molecule has 0 spiro atoms. The highest BCUT2D eigenvalue weighted by molar-refractivity contribution is 5.87. The van der Waals surface area contributed by atoms with Crippen LogP contribution in [-0.4, -0.2) is 45.8 Å². The fourth-order valence-electron chi connectivity index (χ4n) is 2.25. The second-order valence-corrected chi connectivity index (χ2v) is 5.15. The molecule has 0 aliphatic carbocycles. The topological polar surface area (TPSA) is 84.7 Å². The van der Waals surface area contributed by atoms with Crippen LogP contribution in [0, 0.1) is 0 Å². The molecule has 7 heteroatoms. The van der Waals surface area contributed by atoms with Gasteiger partial charge in [0, 0.05) is 18.8 Å². The Bertz CT molecular complexity index is 711. The minimum Gasteiger partial charge on any atom is -0.496 e. The highest BCUT2D eigenvalue weighted by atomic mass is 16.5. The van der Waals surface area contributed by atoms with Gasteiger partial charge in [0.1, 0.15) is 12.3 Å². The summed E-state index contributed by atoms with van der Waals surface area (Å²) in [6, 6.07) is 7.32. The van der Waals surface area contributed by atoms with Gasteiger partial charge in [0.2, 0.25) is 5.91 Å². The Morgan fingerprint density at radius 2 is 2.09 bits per heavy atom. The molecule has 23 heavy (non-hydrogen) atoms. The lowest BCUT2D eigenvalue weighted by Gasteiger charge is -2.26. The van der Waals surface area contributed by atoms with E-state index in [4.69, 9.17) is 9.84 Å². The van der Waals surface area contributed by atoms with Gasteiger partial charge < -0.3 is 14.7 Å². The molecule has 1 aromatic carbocycles. The van der Waals surface area contributed by atoms with Gasteiger partial charge in [0.25, 0.3) is 0 Å². The number of likely N-dealkylation sites (N-methyl/N-ethyl adjacent to an activating group) is 1. The number of carbonyl (C=O) groups is 2. The number of para-hydroxylation sites is 1. The quantitative estimate of drug-likeness (QED) is 0.878. The van der Waals surface area contributed by atoms with Crippen LogP contribution in [0.2, 0.25) is 0 Å². The first-order valence-electron chi connectivity index (χ1n) is 7.08. The summed E-state index contributed by atoms with van der Waals surface area (Å²) in [5, 5.41) is 12.8. The number of hydrogen-bond donors (Lipinski definition) is 1. The Morgan fingerprint density at radius 3 is 2.70 bits per heavy atom. The minimum absolute atomic E-state index is 0.0245. The lowest BCUT2D eigenvalue weighted by atomic mass is 10.1. The number of aromatic carboxylic acids is 1. The molecular weight excluding hydrogens is 298 g/mol. The standard InChI is InChI=1S/C16H19N3O4/c1-11(13-6-4-5-7-14(13)23-3)18(2)15(20)10-19-9-12(8-17-19)16(21)22/h4-9,11H,10H2,1-3H3,(H,21,22)/t11-/m1/s1. The largest absolute Gasteiger partial charge is 0.496 e. The summed E-state index contributed by atoms with van der Waals surface area (Å²) in [5.41, 5.74) is 0.954. The predicted molar refractivity (Wildman–Crippen MR) is 83.4 cm³/mol. The van der Waals surface area contributed by atoms with Gasteiger partial charge in [0.15, 0.2) is 0 Å². The van der Waals surface area contributed by atoms with Crippen LogP contribution in [0.3, 0.4) is 0 Å². The van der Waals surface area contributed by atoms with E-state index in [-0.39, 0.29) is 24.1 Å². The molecule has 0 bridgehead atoms. The zero-order chi connectivity index (χ0) is 17.0. The van der Waals surface area contributed by atoms with Gasteiger partial charge in [-0.05, 0) is 13.0 Å². The van der Waals surface area contributed by atoms with Crippen LogP contribution in [-0.2, 0) is 11.3 Å². The van der Waals surface area contributed by atoms with Crippen LogP contribution in [0.4, 0.5) is 0 Å². The molecule has 7 nitrogen and oxygen atoms in total. The van der Waals surface area contributed by atoms with E-state index < -0.39 is 5.97 Å². The SMILES string of the molecule is COc1ccccc1[C@@H](C)N(C)C(=O)Cn1cc(C(=O)O)cn1. The van der Waals surface area contributed by atoms with Crippen molar-refractivity contribution in [3.63, 3.8) is 0 Å². The molecule has 1 amide bonds. The Hall–Kier alpha value is -2.83. The van der Waals surface area contributed by atoms with E-state index in [1.807, 2.05) is 31.2 Å². The first-order valence-corrected chi connectivity index (χ1v) is 7.08. The minimum atomic E-state index is -1.07. The van der Waals surface area contributed by atoms with E-state index in [9.17, 15) is 9.59 Å². The number of benzene rings is 1. The zero-order valence-corrected chi connectivity index (χ0v) is 13.3. The van der Waals surface area contributed by atoms with E-state index in [0.717, 1.165) is 5.56 Å². The molecule has 0 saturated heterocycles. The molecule has 2 rings (SSSR count). The fourth-order valence-corrected chi connectivity index (χ4v) is 2.25. The summed E-state index contributed by atoms with van der Waals surface area (Å²) >= 11 is 0. The molecule has 0 fully saturated rings. The highest BCUT2D eigenvalue weighted by Crippen LogP contribution is 2.28. The van der Waals surface area contributed by atoms with Crippen molar-refractivity contribution in [2.45, 2.75) is 19.5 Å². The summed E-state index contributed by atoms with van der Waals surface area (Å²) in [5.74, 6) is -0.533. The molecule has 0 aliphatic rings. The molecule has 1 atom stereocenters. The second-order valence-electron chi connectivity index (χ2n) is 5.15. The van der Waals surface area contributed by atoms with Crippen molar-refractivity contribution in [2.24, 2.45) is 0 Å². The van der Waals surface area contributed by atoms with Gasteiger partial charge in [0.05, 0.1) is 24.9 Å². The van der Waals surface area contributed by atoms with Crippen LogP contribution < -0.4 is 4.74 Å². The van der Waals surface area contributed by atoms with E-state index in [1.54, 1.807) is 19.1 Å². The molecular formula is C16H19N3O4. The summed E-state index contributed by atoms with van der Waals surface area (Å²) in [6.45, 7) is 1.88. The molecule has 1 aromatic heterocycles. The van der Waals surface area contributed by atoms with Crippen LogP contribution >= 0.6 is 0 Å². The first kappa shape index (κ1) is 16.5. The maximum atomic E-state index is 12.4. The number of nitrogens with zero attached hydrogens (tertiary/aromatic N) is 3. The average Bonchev–Trinajstić information content (AvgIpc) is 3.02. The molecule has 2 aromatic rings. The third-order valence-electron chi connectivity index (χ3n) is 3.74. The normalized spacial score (nSPS) is 11.8. The van der Waals surface area contributed by atoms with Crippen molar-refractivity contribution in [1.82, 2.24) is 14.7 Å². The van der Waals surface area contributed by atoms with Gasteiger partial charge in [-0.15, -0.1) is 0 Å².